The van der Waals surface area contributed by atoms with Gasteiger partial charge in [0.2, 0.25) is 0 Å². The van der Waals surface area contributed by atoms with Crippen molar-refractivity contribution < 1.29 is 4.74 Å². The van der Waals surface area contributed by atoms with Gasteiger partial charge in [-0.15, -0.1) is 0 Å². The van der Waals surface area contributed by atoms with E-state index in [1.54, 1.807) is 0 Å². The molecule has 0 radical (unpaired) electrons. The number of amidine groups is 2. The standard InChI is InChI=1S/C26H29N5O/c1-16(27)31-10-8-22(9-11-31)32-23-6-7-24-21(14-23)15-25(30-24)18-4-2-17-3-5-19(26(28)29)13-20(17)12-18/h2-7,12-14,22,25,27,30H,8-11,15H2,1H3,(H3,28,29). The Morgan fingerprint density at radius 3 is 2.53 bits per heavy atom. The molecule has 1 atom stereocenters. The van der Waals surface area contributed by atoms with Gasteiger partial charge in [0.05, 0.1) is 11.9 Å². The van der Waals surface area contributed by atoms with Crippen LogP contribution in [0.25, 0.3) is 10.8 Å². The number of fused-ring (bicyclic) bond motifs is 2. The van der Waals surface area contributed by atoms with Crippen molar-refractivity contribution in [2.45, 2.75) is 38.3 Å². The number of hydrogen-bond donors (Lipinski definition) is 4. The highest BCUT2D eigenvalue weighted by Crippen LogP contribution is 2.37. The maximum Gasteiger partial charge on any atom is 0.122 e. The molecule has 3 aromatic carbocycles. The van der Waals surface area contributed by atoms with Gasteiger partial charge >= 0.3 is 0 Å². The molecule has 2 aliphatic rings. The Kier molecular flexibility index (Phi) is 5.21. The minimum atomic E-state index is 0.0925. The molecule has 5 rings (SSSR count). The summed E-state index contributed by atoms with van der Waals surface area (Å²) in [5.74, 6) is 1.67. The lowest BCUT2D eigenvalue weighted by Gasteiger charge is -2.32. The normalized spacial score (nSPS) is 18.3. The zero-order chi connectivity index (χ0) is 22.2. The topological polar surface area (TPSA) is 98.2 Å². The molecule has 2 aliphatic heterocycles. The lowest BCUT2D eigenvalue weighted by atomic mass is 9.98. The van der Waals surface area contributed by atoms with Gasteiger partial charge in [-0.1, -0.05) is 24.3 Å². The summed E-state index contributed by atoms with van der Waals surface area (Å²) >= 11 is 0. The molecule has 0 saturated carbocycles. The summed E-state index contributed by atoms with van der Waals surface area (Å²) in [5.41, 5.74) is 10.1. The van der Waals surface area contributed by atoms with Gasteiger partial charge in [-0.05, 0) is 65.6 Å². The van der Waals surface area contributed by atoms with Crippen LogP contribution in [-0.4, -0.2) is 35.8 Å². The van der Waals surface area contributed by atoms with E-state index in [0.29, 0.717) is 5.84 Å². The van der Waals surface area contributed by atoms with Gasteiger partial charge in [-0.3, -0.25) is 10.8 Å². The van der Waals surface area contributed by atoms with E-state index in [1.165, 1.54) is 11.1 Å². The molecule has 164 valence electrons. The Bertz CT molecular complexity index is 1200. The minimum absolute atomic E-state index is 0.0925. The van der Waals surface area contributed by atoms with Gasteiger partial charge < -0.3 is 20.7 Å². The lowest BCUT2D eigenvalue weighted by Crippen LogP contribution is -2.40. The third-order valence-electron chi connectivity index (χ3n) is 6.63. The molecule has 1 saturated heterocycles. The second kappa shape index (κ2) is 8.19. The van der Waals surface area contributed by atoms with Gasteiger partial charge in [0.15, 0.2) is 0 Å². The quantitative estimate of drug-likeness (QED) is 0.359. The van der Waals surface area contributed by atoms with E-state index in [4.69, 9.17) is 21.3 Å². The van der Waals surface area contributed by atoms with Crippen LogP contribution in [0.4, 0.5) is 5.69 Å². The maximum absolute atomic E-state index is 7.79. The van der Waals surface area contributed by atoms with E-state index in [2.05, 4.69) is 46.6 Å². The SMILES string of the molecule is CC(=N)N1CCC(Oc2ccc3c(c2)CC(c2ccc4ccc(C(=N)N)cc4c2)N3)CC1. The van der Waals surface area contributed by atoms with Crippen LogP contribution in [-0.2, 0) is 6.42 Å². The van der Waals surface area contributed by atoms with Gasteiger partial charge in [-0.25, -0.2) is 0 Å². The van der Waals surface area contributed by atoms with Crippen LogP contribution in [0, 0.1) is 10.8 Å². The Balaban J connectivity index is 1.29. The lowest BCUT2D eigenvalue weighted by molar-refractivity contribution is 0.130. The number of nitrogens with zero attached hydrogens (tertiary/aromatic N) is 1. The van der Waals surface area contributed by atoms with Crippen molar-refractivity contribution in [2.75, 3.05) is 18.4 Å². The largest absolute Gasteiger partial charge is 0.490 e. The summed E-state index contributed by atoms with van der Waals surface area (Å²) in [5, 5.41) is 21.4. The summed E-state index contributed by atoms with van der Waals surface area (Å²) in [6.07, 6.45) is 3.03. The number of ether oxygens (including phenoxy) is 1. The van der Waals surface area contributed by atoms with Crippen molar-refractivity contribution in [2.24, 2.45) is 5.73 Å². The van der Waals surface area contributed by atoms with Crippen molar-refractivity contribution in [1.82, 2.24) is 4.90 Å². The van der Waals surface area contributed by atoms with E-state index in [-0.39, 0.29) is 18.0 Å². The van der Waals surface area contributed by atoms with Gasteiger partial charge in [0.25, 0.3) is 0 Å². The molecule has 1 fully saturated rings. The Morgan fingerprint density at radius 1 is 1.00 bits per heavy atom. The monoisotopic (exact) mass is 427 g/mol. The average molecular weight is 428 g/mol. The zero-order valence-electron chi connectivity index (χ0n) is 18.3. The first-order chi connectivity index (χ1) is 15.5. The molecule has 0 aromatic heterocycles. The number of piperidine rings is 1. The molecule has 3 aromatic rings. The summed E-state index contributed by atoms with van der Waals surface area (Å²) in [4.78, 5) is 2.11. The molecule has 32 heavy (non-hydrogen) atoms. The van der Waals surface area contributed by atoms with Crippen molar-refractivity contribution in [3.63, 3.8) is 0 Å². The molecule has 0 spiro atoms. The number of rotatable bonds is 4. The molecule has 0 aliphatic carbocycles. The second-order valence-corrected chi connectivity index (χ2v) is 8.84. The predicted octanol–water partition coefficient (Wildman–Crippen LogP) is 4.67. The van der Waals surface area contributed by atoms with Gasteiger partial charge in [-0.2, -0.15) is 0 Å². The van der Waals surface area contributed by atoms with Crippen molar-refractivity contribution in [1.29, 1.82) is 10.8 Å². The first-order valence-corrected chi connectivity index (χ1v) is 11.2. The van der Waals surface area contributed by atoms with Crippen LogP contribution in [0.2, 0.25) is 0 Å². The van der Waals surface area contributed by atoms with Crippen LogP contribution in [0.5, 0.6) is 5.75 Å². The van der Waals surface area contributed by atoms with Crippen LogP contribution < -0.4 is 15.8 Å². The molecule has 0 amide bonds. The third kappa shape index (κ3) is 4.00. The molecule has 0 bridgehead atoms. The van der Waals surface area contributed by atoms with Crippen LogP contribution in [0.1, 0.15) is 42.5 Å². The Morgan fingerprint density at radius 2 is 1.78 bits per heavy atom. The molecule has 6 nitrogen and oxygen atoms in total. The van der Waals surface area contributed by atoms with Crippen molar-refractivity contribution in [3.8, 4) is 5.75 Å². The smallest absolute Gasteiger partial charge is 0.122 e. The van der Waals surface area contributed by atoms with Gasteiger partial charge in [0.1, 0.15) is 17.7 Å². The van der Waals surface area contributed by atoms with E-state index >= 15 is 0 Å². The number of likely N-dealkylation sites (tertiary alicyclic amines) is 1. The molecule has 5 N–H and O–H groups in total. The Hall–Kier alpha value is -3.54. The fourth-order valence-electron chi connectivity index (χ4n) is 4.76. The van der Waals surface area contributed by atoms with Crippen LogP contribution >= 0.6 is 0 Å². The van der Waals surface area contributed by atoms with Gasteiger partial charge in [0, 0.05) is 37.2 Å². The third-order valence-corrected chi connectivity index (χ3v) is 6.63. The van der Waals surface area contributed by atoms with Crippen LogP contribution in [0.3, 0.4) is 0 Å². The fraction of sp³-hybridized carbons (Fsp3) is 0.308. The summed E-state index contributed by atoms with van der Waals surface area (Å²) < 4.78 is 6.29. The molecule has 2 heterocycles. The number of hydrogen-bond acceptors (Lipinski definition) is 4. The molecule has 1 unspecified atom stereocenters. The fourth-order valence-corrected chi connectivity index (χ4v) is 4.76. The Labute approximate surface area is 188 Å². The molecular formula is C26H29N5O. The van der Waals surface area contributed by atoms with E-state index in [9.17, 15) is 0 Å². The minimum Gasteiger partial charge on any atom is -0.490 e. The van der Waals surface area contributed by atoms with E-state index in [1.807, 2.05) is 25.1 Å². The van der Waals surface area contributed by atoms with Crippen molar-refractivity contribution >= 4 is 28.1 Å². The number of nitrogens with one attached hydrogen (secondary N) is 3. The van der Waals surface area contributed by atoms with E-state index in [0.717, 1.165) is 60.1 Å². The maximum atomic E-state index is 7.79. The number of nitrogen functional groups attached to an aromatic ring is 1. The first kappa shape index (κ1) is 20.4. The zero-order valence-corrected chi connectivity index (χ0v) is 18.3. The van der Waals surface area contributed by atoms with Crippen molar-refractivity contribution in [3.05, 3.63) is 71.3 Å². The predicted molar refractivity (Wildman–Crippen MR) is 130 cm³/mol. The summed E-state index contributed by atoms with van der Waals surface area (Å²) in [6, 6.07) is 19.0. The average Bonchev–Trinajstić information content (AvgIpc) is 3.22. The number of anilines is 1. The molecular weight excluding hydrogens is 398 g/mol. The second-order valence-electron chi connectivity index (χ2n) is 8.84. The number of nitrogens with two attached hydrogens (primary N) is 1. The highest BCUT2D eigenvalue weighted by Gasteiger charge is 2.24. The summed E-state index contributed by atoms with van der Waals surface area (Å²) in [6.45, 7) is 3.63. The first-order valence-electron chi connectivity index (χ1n) is 11.2. The molecule has 6 heteroatoms. The highest BCUT2D eigenvalue weighted by atomic mass is 16.5. The van der Waals surface area contributed by atoms with E-state index < -0.39 is 0 Å². The highest BCUT2D eigenvalue weighted by molar-refractivity contribution is 5.99. The van der Waals surface area contributed by atoms with Crippen LogP contribution in [0.15, 0.2) is 54.6 Å². The summed E-state index contributed by atoms with van der Waals surface area (Å²) in [7, 11) is 0. The number of benzene rings is 3.